The minimum Gasteiger partial charge on any atom is -0.457 e. The van der Waals surface area contributed by atoms with Crippen LogP contribution in [0.1, 0.15) is 15.9 Å². The summed E-state index contributed by atoms with van der Waals surface area (Å²) in [5.41, 5.74) is 8.02. The molecule has 0 atom stereocenters. The van der Waals surface area contributed by atoms with Crippen LogP contribution in [-0.2, 0) is 6.42 Å². The van der Waals surface area contributed by atoms with E-state index in [0.717, 1.165) is 17.7 Å². The first kappa shape index (κ1) is 12.7. The number of carbonyl (C=O) groups excluding carboxylic acids is 1. The number of nitrogens with two attached hydrogens (primary N) is 1. The van der Waals surface area contributed by atoms with Gasteiger partial charge in [0.25, 0.3) is 5.91 Å². The molecule has 4 nitrogen and oxygen atoms in total. The minimum atomic E-state index is -0.153. The molecular formula is C13H13BrN2O2. The molecule has 0 saturated heterocycles. The molecule has 2 rings (SSSR count). The van der Waals surface area contributed by atoms with Crippen LogP contribution in [0.3, 0.4) is 0 Å². The van der Waals surface area contributed by atoms with Crippen molar-refractivity contribution < 1.29 is 9.21 Å². The summed E-state index contributed by atoms with van der Waals surface area (Å²) in [7, 11) is 0. The normalized spacial score (nSPS) is 10.3. The van der Waals surface area contributed by atoms with Gasteiger partial charge < -0.3 is 15.5 Å². The third kappa shape index (κ3) is 3.13. The van der Waals surface area contributed by atoms with Gasteiger partial charge in [0, 0.05) is 12.2 Å². The monoisotopic (exact) mass is 308 g/mol. The molecule has 0 aliphatic carbocycles. The average Bonchev–Trinajstić information content (AvgIpc) is 2.75. The number of rotatable bonds is 4. The first-order valence-corrected chi connectivity index (χ1v) is 6.32. The van der Waals surface area contributed by atoms with E-state index in [1.165, 1.54) is 6.26 Å². The lowest BCUT2D eigenvalue weighted by atomic mass is 10.1. The molecule has 0 bridgehead atoms. The lowest BCUT2D eigenvalue weighted by Crippen LogP contribution is -2.25. The number of carbonyl (C=O) groups is 1. The van der Waals surface area contributed by atoms with E-state index in [1.54, 1.807) is 6.07 Å². The van der Waals surface area contributed by atoms with Gasteiger partial charge in [-0.05, 0) is 46.1 Å². The summed E-state index contributed by atoms with van der Waals surface area (Å²) in [6, 6.07) is 9.25. The molecule has 94 valence electrons. The second-order valence-corrected chi connectivity index (χ2v) is 4.58. The van der Waals surface area contributed by atoms with Crippen LogP contribution in [0.5, 0.6) is 0 Å². The molecule has 3 N–H and O–H groups in total. The minimum absolute atomic E-state index is 0.153. The number of halogens is 1. The van der Waals surface area contributed by atoms with Crippen LogP contribution in [0.2, 0.25) is 0 Å². The molecule has 5 heteroatoms. The van der Waals surface area contributed by atoms with Crippen LogP contribution in [0.25, 0.3) is 0 Å². The van der Waals surface area contributed by atoms with E-state index >= 15 is 0 Å². The van der Waals surface area contributed by atoms with E-state index in [2.05, 4.69) is 21.2 Å². The third-order valence-electron chi connectivity index (χ3n) is 2.51. The third-order valence-corrected chi connectivity index (χ3v) is 3.13. The Labute approximate surface area is 113 Å². The SMILES string of the molecule is Nc1cccc(CCNC(=O)c2ccoc2Br)c1. The number of amides is 1. The fourth-order valence-electron chi connectivity index (χ4n) is 1.62. The molecule has 1 aromatic heterocycles. The van der Waals surface area contributed by atoms with Crippen LogP contribution in [0.4, 0.5) is 5.69 Å². The van der Waals surface area contributed by atoms with Gasteiger partial charge in [-0.25, -0.2) is 0 Å². The average molecular weight is 309 g/mol. The predicted molar refractivity (Wildman–Crippen MR) is 73.3 cm³/mol. The largest absolute Gasteiger partial charge is 0.457 e. The molecule has 0 saturated carbocycles. The molecule has 1 heterocycles. The van der Waals surface area contributed by atoms with Gasteiger partial charge >= 0.3 is 0 Å². The van der Waals surface area contributed by atoms with E-state index in [0.29, 0.717) is 16.8 Å². The van der Waals surface area contributed by atoms with Crippen molar-refractivity contribution in [3.8, 4) is 0 Å². The Morgan fingerprint density at radius 3 is 2.89 bits per heavy atom. The molecule has 0 spiro atoms. The standard InChI is InChI=1S/C13H13BrN2O2/c14-12-11(5-7-18-12)13(17)16-6-4-9-2-1-3-10(15)8-9/h1-3,5,7-8H,4,6,15H2,(H,16,17). The summed E-state index contributed by atoms with van der Waals surface area (Å²) in [6.07, 6.45) is 2.21. The maximum Gasteiger partial charge on any atom is 0.255 e. The summed E-state index contributed by atoms with van der Waals surface area (Å²) >= 11 is 3.17. The van der Waals surface area contributed by atoms with Crippen LogP contribution in [0, 0.1) is 0 Å². The molecule has 0 fully saturated rings. The van der Waals surface area contributed by atoms with E-state index < -0.39 is 0 Å². The van der Waals surface area contributed by atoms with Gasteiger partial charge in [0.2, 0.25) is 0 Å². The second-order valence-electron chi connectivity index (χ2n) is 3.86. The van der Waals surface area contributed by atoms with Crippen LogP contribution in [0.15, 0.2) is 45.7 Å². The van der Waals surface area contributed by atoms with E-state index in [9.17, 15) is 4.79 Å². The summed E-state index contributed by atoms with van der Waals surface area (Å²) in [5, 5.41) is 2.82. The fourth-order valence-corrected chi connectivity index (χ4v) is 2.04. The predicted octanol–water partition coefficient (Wildman–Crippen LogP) is 2.60. The van der Waals surface area contributed by atoms with Crippen molar-refractivity contribution in [2.45, 2.75) is 6.42 Å². The van der Waals surface area contributed by atoms with Gasteiger partial charge in [-0.15, -0.1) is 0 Å². The smallest absolute Gasteiger partial charge is 0.255 e. The van der Waals surface area contributed by atoms with Gasteiger partial charge in [-0.2, -0.15) is 0 Å². The van der Waals surface area contributed by atoms with Gasteiger partial charge in [-0.1, -0.05) is 12.1 Å². The molecule has 18 heavy (non-hydrogen) atoms. The van der Waals surface area contributed by atoms with Crippen molar-refractivity contribution in [1.82, 2.24) is 5.32 Å². The highest BCUT2D eigenvalue weighted by molar-refractivity contribution is 9.10. The van der Waals surface area contributed by atoms with Crippen molar-refractivity contribution in [2.75, 3.05) is 12.3 Å². The van der Waals surface area contributed by atoms with Gasteiger partial charge in [0.15, 0.2) is 4.67 Å². The van der Waals surface area contributed by atoms with Crippen molar-refractivity contribution in [3.63, 3.8) is 0 Å². The maximum atomic E-state index is 11.8. The highest BCUT2D eigenvalue weighted by Gasteiger charge is 2.11. The van der Waals surface area contributed by atoms with Crippen molar-refractivity contribution in [2.24, 2.45) is 0 Å². The molecule has 1 aromatic carbocycles. The van der Waals surface area contributed by atoms with Crippen LogP contribution >= 0.6 is 15.9 Å². The first-order valence-electron chi connectivity index (χ1n) is 5.52. The lowest BCUT2D eigenvalue weighted by molar-refractivity contribution is 0.0952. The highest BCUT2D eigenvalue weighted by atomic mass is 79.9. The fraction of sp³-hybridized carbons (Fsp3) is 0.154. The Balaban J connectivity index is 1.86. The number of hydrogen-bond donors (Lipinski definition) is 2. The Morgan fingerprint density at radius 1 is 1.39 bits per heavy atom. The Morgan fingerprint density at radius 2 is 2.22 bits per heavy atom. The van der Waals surface area contributed by atoms with Crippen molar-refractivity contribution >= 4 is 27.5 Å². The van der Waals surface area contributed by atoms with Gasteiger partial charge in [0.05, 0.1) is 11.8 Å². The van der Waals surface area contributed by atoms with E-state index in [-0.39, 0.29) is 5.91 Å². The van der Waals surface area contributed by atoms with Gasteiger partial charge in [-0.3, -0.25) is 4.79 Å². The maximum absolute atomic E-state index is 11.8. The summed E-state index contributed by atoms with van der Waals surface area (Å²) in [6.45, 7) is 0.555. The first-order chi connectivity index (χ1) is 8.66. The number of benzene rings is 1. The Hall–Kier alpha value is -1.75. The second kappa shape index (κ2) is 5.73. The van der Waals surface area contributed by atoms with Crippen LogP contribution in [-0.4, -0.2) is 12.5 Å². The quantitative estimate of drug-likeness (QED) is 0.853. The summed E-state index contributed by atoms with van der Waals surface area (Å²) in [5.74, 6) is -0.153. The summed E-state index contributed by atoms with van der Waals surface area (Å²) in [4.78, 5) is 11.8. The zero-order valence-corrected chi connectivity index (χ0v) is 11.2. The van der Waals surface area contributed by atoms with Crippen molar-refractivity contribution in [3.05, 3.63) is 52.4 Å². The van der Waals surface area contributed by atoms with Crippen LogP contribution < -0.4 is 11.1 Å². The number of furan rings is 1. The van der Waals surface area contributed by atoms with E-state index in [1.807, 2.05) is 24.3 Å². The Kier molecular flexibility index (Phi) is 4.04. The molecule has 0 aliphatic rings. The number of anilines is 1. The molecular weight excluding hydrogens is 296 g/mol. The summed E-state index contributed by atoms with van der Waals surface area (Å²) < 4.78 is 5.45. The molecule has 0 unspecified atom stereocenters. The molecule has 2 aromatic rings. The number of hydrogen-bond acceptors (Lipinski definition) is 3. The number of nitrogens with one attached hydrogen (secondary N) is 1. The van der Waals surface area contributed by atoms with E-state index in [4.69, 9.17) is 10.2 Å². The lowest BCUT2D eigenvalue weighted by Gasteiger charge is -2.05. The molecule has 1 amide bonds. The highest BCUT2D eigenvalue weighted by Crippen LogP contribution is 2.17. The topological polar surface area (TPSA) is 68.3 Å². The zero-order chi connectivity index (χ0) is 13.0. The van der Waals surface area contributed by atoms with Crippen molar-refractivity contribution in [1.29, 1.82) is 0 Å². The molecule has 0 aliphatic heterocycles. The number of nitrogen functional groups attached to an aromatic ring is 1. The van der Waals surface area contributed by atoms with Gasteiger partial charge in [0.1, 0.15) is 0 Å². The Bertz CT molecular complexity index is 551. The zero-order valence-electron chi connectivity index (χ0n) is 9.65. The molecule has 0 radical (unpaired) electrons.